The Hall–Kier alpha value is -2.86. The molecular weight excluding hydrogens is 340 g/mol. The number of piperidine rings is 1. The van der Waals surface area contributed by atoms with Gasteiger partial charge in [-0.1, -0.05) is 18.2 Å². The van der Waals surface area contributed by atoms with Gasteiger partial charge in [-0.25, -0.2) is 4.98 Å². The molecule has 0 aliphatic carbocycles. The molecule has 3 heterocycles. The number of nitrogens with one attached hydrogen (secondary N) is 1. The maximum Gasteiger partial charge on any atom is 0.223 e. The summed E-state index contributed by atoms with van der Waals surface area (Å²) in [6.07, 6.45) is 8.92. The van der Waals surface area contributed by atoms with Crippen LogP contribution in [0.25, 0.3) is 5.69 Å². The lowest BCUT2D eigenvalue weighted by molar-refractivity contribution is -0.126. The van der Waals surface area contributed by atoms with E-state index < -0.39 is 0 Å². The van der Waals surface area contributed by atoms with E-state index in [0.29, 0.717) is 6.54 Å². The molecule has 6 heteroatoms. The van der Waals surface area contributed by atoms with E-state index in [0.717, 1.165) is 49.5 Å². The molecule has 27 heavy (non-hydrogen) atoms. The summed E-state index contributed by atoms with van der Waals surface area (Å²) in [7, 11) is 0. The van der Waals surface area contributed by atoms with Crippen LogP contribution in [0.15, 0.2) is 65.8 Å². The molecule has 0 atom stereocenters. The third-order valence-corrected chi connectivity index (χ3v) is 5.15. The predicted molar refractivity (Wildman–Crippen MR) is 102 cm³/mol. The second kappa shape index (κ2) is 8.22. The van der Waals surface area contributed by atoms with Crippen LogP contribution in [0.3, 0.4) is 0 Å². The number of hydrogen-bond donors (Lipinski definition) is 1. The number of amides is 1. The fourth-order valence-corrected chi connectivity index (χ4v) is 3.62. The van der Waals surface area contributed by atoms with Crippen molar-refractivity contribution in [1.29, 1.82) is 0 Å². The van der Waals surface area contributed by atoms with Gasteiger partial charge in [-0.2, -0.15) is 0 Å². The molecule has 1 fully saturated rings. The Morgan fingerprint density at radius 2 is 2.04 bits per heavy atom. The Morgan fingerprint density at radius 1 is 1.19 bits per heavy atom. The summed E-state index contributed by atoms with van der Waals surface area (Å²) in [5.74, 6) is 1.21. The highest BCUT2D eigenvalue weighted by Gasteiger charge is 2.25. The predicted octanol–water partition coefficient (Wildman–Crippen LogP) is 2.99. The van der Waals surface area contributed by atoms with Crippen LogP contribution in [0.1, 0.15) is 24.2 Å². The fraction of sp³-hybridized carbons (Fsp3) is 0.333. The van der Waals surface area contributed by atoms with Gasteiger partial charge in [0.05, 0.1) is 24.8 Å². The molecule has 3 aromatic rings. The Balaban J connectivity index is 1.29. The number of hydrogen-bond acceptors (Lipinski definition) is 4. The lowest BCUT2D eigenvalue weighted by Crippen LogP contribution is -2.40. The van der Waals surface area contributed by atoms with Crippen LogP contribution in [-0.4, -0.2) is 33.4 Å². The minimum Gasteiger partial charge on any atom is -0.468 e. The van der Waals surface area contributed by atoms with Crippen LogP contribution < -0.4 is 5.32 Å². The molecule has 1 N–H and O–H groups in total. The average molecular weight is 364 g/mol. The second-order valence-corrected chi connectivity index (χ2v) is 6.95. The van der Waals surface area contributed by atoms with Gasteiger partial charge in [0.2, 0.25) is 5.91 Å². The number of aromatic nitrogens is 2. The van der Waals surface area contributed by atoms with E-state index in [2.05, 4.69) is 15.2 Å². The van der Waals surface area contributed by atoms with Gasteiger partial charge in [-0.05, 0) is 49.7 Å². The Kier molecular flexibility index (Phi) is 5.34. The number of imidazole rings is 1. The molecule has 1 aromatic carbocycles. The highest BCUT2D eigenvalue weighted by molar-refractivity contribution is 5.78. The summed E-state index contributed by atoms with van der Waals surface area (Å²) in [5, 5.41) is 3.12. The first-order valence-corrected chi connectivity index (χ1v) is 9.38. The molecule has 2 aromatic heterocycles. The average Bonchev–Trinajstić information content (AvgIpc) is 3.41. The summed E-state index contributed by atoms with van der Waals surface area (Å²) in [6, 6.07) is 12.0. The normalized spacial score (nSPS) is 15.7. The van der Waals surface area contributed by atoms with Crippen molar-refractivity contribution in [1.82, 2.24) is 19.8 Å². The highest BCUT2D eigenvalue weighted by Crippen LogP contribution is 2.20. The van der Waals surface area contributed by atoms with Crippen molar-refractivity contribution in [3.05, 3.63) is 72.7 Å². The van der Waals surface area contributed by atoms with E-state index in [1.54, 1.807) is 18.8 Å². The molecule has 0 bridgehead atoms. The number of nitrogens with zero attached hydrogens (tertiary/aromatic N) is 3. The highest BCUT2D eigenvalue weighted by atomic mass is 16.3. The SMILES string of the molecule is O=C(NCc1ccccc1-n1ccnc1)C1CCN(Cc2ccco2)CC1. The molecule has 0 radical (unpaired) electrons. The van der Waals surface area contributed by atoms with Crippen molar-refractivity contribution in [3.63, 3.8) is 0 Å². The maximum absolute atomic E-state index is 12.6. The van der Waals surface area contributed by atoms with Gasteiger partial charge in [-0.3, -0.25) is 9.69 Å². The van der Waals surface area contributed by atoms with Crippen LogP contribution in [0.5, 0.6) is 0 Å². The molecule has 6 nitrogen and oxygen atoms in total. The molecule has 1 saturated heterocycles. The van der Waals surface area contributed by atoms with E-state index >= 15 is 0 Å². The van der Waals surface area contributed by atoms with Gasteiger partial charge < -0.3 is 14.3 Å². The van der Waals surface area contributed by atoms with Crippen molar-refractivity contribution >= 4 is 5.91 Å². The zero-order chi connectivity index (χ0) is 18.5. The number of carbonyl (C=O) groups excluding carboxylic acids is 1. The lowest BCUT2D eigenvalue weighted by Gasteiger charge is -2.30. The molecule has 0 unspecified atom stereocenters. The first-order valence-electron chi connectivity index (χ1n) is 9.38. The summed E-state index contributed by atoms with van der Waals surface area (Å²) in [5.41, 5.74) is 2.13. The van der Waals surface area contributed by atoms with Gasteiger partial charge in [0.1, 0.15) is 5.76 Å². The minimum atomic E-state index is 0.0817. The summed E-state index contributed by atoms with van der Waals surface area (Å²) >= 11 is 0. The molecule has 0 saturated carbocycles. The molecular formula is C21H24N4O2. The van der Waals surface area contributed by atoms with Crippen LogP contribution in [0.4, 0.5) is 0 Å². The summed E-state index contributed by atoms with van der Waals surface area (Å²) < 4.78 is 7.38. The number of furan rings is 1. The number of likely N-dealkylation sites (tertiary alicyclic amines) is 1. The van der Waals surface area contributed by atoms with E-state index in [9.17, 15) is 4.79 Å². The third-order valence-electron chi connectivity index (χ3n) is 5.15. The maximum atomic E-state index is 12.6. The fourth-order valence-electron chi connectivity index (χ4n) is 3.62. The standard InChI is InChI=1S/C21H24N4O2/c26-21(17-7-10-24(11-8-17)15-19-5-3-13-27-19)23-14-18-4-1-2-6-20(18)25-12-9-22-16-25/h1-6,9,12-13,16-17H,7-8,10-11,14-15H2,(H,23,26). The molecule has 0 spiro atoms. The van der Waals surface area contributed by atoms with Gasteiger partial charge in [0.15, 0.2) is 0 Å². The summed E-state index contributed by atoms with van der Waals surface area (Å²) in [6.45, 7) is 3.19. The van der Waals surface area contributed by atoms with Gasteiger partial charge >= 0.3 is 0 Å². The third kappa shape index (κ3) is 4.28. The molecule has 140 valence electrons. The van der Waals surface area contributed by atoms with Crippen LogP contribution in [0, 0.1) is 5.92 Å². The smallest absolute Gasteiger partial charge is 0.223 e. The van der Waals surface area contributed by atoms with Crippen molar-refractivity contribution in [2.75, 3.05) is 13.1 Å². The van der Waals surface area contributed by atoms with Crippen molar-refractivity contribution in [2.24, 2.45) is 5.92 Å². The minimum absolute atomic E-state index is 0.0817. The summed E-state index contributed by atoms with van der Waals surface area (Å²) in [4.78, 5) is 19.1. The zero-order valence-corrected chi connectivity index (χ0v) is 15.3. The van der Waals surface area contributed by atoms with Crippen molar-refractivity contribution in [3.8, 4) is 5.69 Å². The van der Waals surface area contributed by atoms with Gasteiger partial charge in [-0.15, -0.1) is 0 Å². The Bertz CT molecular complexity index is 850. The molecule has 4 rings (SSSR count). The molecule has 1 aliphatic rings. The van der Waals surface area contributed by atoms with E-state index in [-0.39, 0.29) is 11.8 Å². The largest absolute Gasteiger partial charge is 0.468 e. The second-order valence-electron chi connectivity index (χ2n) is 6.95. The quantitative estimate of drug-likeness (QED) is 0.730. The lowest BCUT2D eigenvalue weighted by atomic mass is 9.95. The van der Waals surface area contributed by atoms with Gasteiger partial charge in [0.25, 0.3) is 0 Å². The first kappa shape index (κ1) is 17.5. The van der Waals surface area contributed by atoms with Crippen LogP contribution >= 0.6 is 0 Å². The Morgan fingerprint density at radius 3 is 2.78 bits per heavy atom. The van der Waals surface area contributed by atoms with Crippen LogP contribution in [0.2, 0.25) is 0 Å². The monoisotopic (exact) mass is 364 g/mol. The number of rotatable bonds is 6. The van der Waals surface area contributed by atoms with E-state index in [1.165, 1.54) is 0 Å². The zero-order valence-electron chi connectivity index (χ0n) is 15.3. The van der Waals surface area contributed by atoms with Crippen molar-refractivity contribution in [2.45, 2.75) is 25.9 Å². The van der Waals surface area contributed by atoms with Crippen LogP contribution in [-0.2, 0) is 17.9 Å². The molecule has 1 aliphatic heterocycles. The number of para-hydroxylation sites is 1. The topological polar surface area (TPSA) is 63.3 Å². The number of carbonyl (C=O) groups is 1. The molecule has 1 amide bonds. The number of benzene rings is 1. The van der Waals surface area contributed by atoms with E-state index in [1.807, 2.05) is 47.2 Å². The van der Waals surface area contributed by atoms with Gasteiger partial charge in [0, 0.05) is 24.9 Å². The Labute approximate surface area is 158 Å². The first-order chi connectivity index (χ1) is 13.3. The van der Waals surface area contributed by atoms with E-state index in [4.69, 9.17) is 4.42 Å². The van der Waals surface area contributed by atoms with Crippen molar-refractivity contribution < 1.29 is 9.21 Å².